The zero-order valence-electron chi connectivity index (χ0n) is 9.13. The van der Waals surface area contributed by atoms with E-state index in [0.717, 1.165) is 26.1 Å². The molecule has 1 aromatic heterocycles. The van der Waals surface area contributed by atoms with Crippen molar-refractivity contribution in [2.75, 3.05) is 13.2 Å². The van der Waals surface area contributed by atoms with Crippen molar-refractivity contribution >= 4 is 34.8 Å². The molecule has 0 aromatic carbocycles. The zero-order valence-corrected chi connectivity index (χ0v) is 11.4. The fourth-order valence-corrected chi connectivity index (χ4v) is 2.82. The average molecular weight is 296 g/mol. The summed E-state index contributed by atoms with van der Waals surface area (Å²) in [5, 5.41) is 1.07. The monoisotopic (exact) mass is 294 g/mol. The molecule has 0 aliphatic carbocycles. The van der Waals surface area contributed by atoms with Gasteiger partial charge in [-0.25, -0.2) is 4.98 Å². The second-order valence-electron chi connectivity index (χ2n) is 4.10. The van der Waals surface area contributed by atoms with Gasteiger partial charge in [-0.15, -0.1) is 0 Å². The summed E-state index contributed by atoms with van der Waals surface area (Å²) in [4.78, 5) is 3.89. The largest absolute Gasteiger partial charge is 0.381 e. The molecule has 6 heteroatoms. The molecule has 2 heterocycles. The van der Waals surface area contributed by atoms with Crippen molar-refractivity contribution in [2.24, 2.45) is 11.7 Å². The first kappa shape index (κ1) is 13.4. The summed E-state index contributed by atoms with van der Waals surface area (Å²) >= 11 is 18.1. The van der Waals surface area contributed by atoms with Crippen molar-refractivity contribution in [1.82, 2.24) is 4.98 Å². The molecule has 94 valence electrons. The van der Waals surface area contributed by atoms with E-state index < -0.39 is 0 Å². The number of rotatable bonds is 2. The number of pyridine rings is 1. The fourth-order valence-electron chi connectivity index (χ4n) is 2.07. The van der Waals surface area contributed by atoms with E-state index in [1.54, 1.807) is 0 Å². The van der Waals surface area contributed by atoms with Crippen molar-refractivity contribution in [3.63, 3.8) is 0 Å². The molecule has 0 bridgehead atoms. The lowest BCUT2D eigenvalue weighted by atomic mass is 9.88. The van der Waals surface area contributed by atoms with Gasteiger partial charge < -0.3 is 10.5 Å². The molecule has 1 aliphatic rings. The summed E-state index contributed by atoms with van der Waals surface area (Å²) in [5.74, 6) is 0.317. The van der Waals surface area contributed by atoms with Crippen LogP contribution in [0.15, 0.2) is 6.20 Å². The van der Waals surface area contributed by atoms with E-state index in [1.165, 1.54) is 6.20 Å². The van der Waals surface area contributed by atoms with Crippen LogP contribution in [0.25, 0.3) is 0 Å². The molecule has 17 heavy (non-hydrogen) atoms. The molecule has 1 aliphatic heterocycles. The molecule has 0 spiro atoms. The molecule has 3 nitrogen and oxygen atoms in total. The Bertz CT molecular complexity index is 408. The highest BCUT2D eigenvalue weighted by molar-refractivity contribution is 6.43. The smallest absolute Gasteiger partial charge is 0.148 e. The molecular formula is C11H13Cl3N2O. The van der Waals surface area contributed by atoms with E-state index in [9.17, 15) is 0 Å². The number of aromatic nitrogens is 1. The van der Waals surface area contributed by atoms with Crippen LogP contribution in [-0.2, 0) is 4.74 Å². The second kappa shape index (κ2) is 5.72. The van der Waals surface area contributed by atoms with E-state index in [1.807, 2.05) is 0 Å². The van der Waals surface area contributed by atoms with Crippen LogP contribution in [0.2, 0.25) is 15.2 Å². The average Bonchev–Trinajstić information content (AvgIpc) is 2.35. The van der Waals surface area contributed by atoms with Gasteiger partial charge in [0.2, 0.25) is 0 Å². The highest BCUT2D eigenvalue weighted by Crippen LogP contribution is 2.38. The van der Waals surface area contributed by atoms with Crippen molar-refractivity contribution < 1.29 is 4.74 Å². The second-order valence-corrected chi connectivity index (χ2v) is 5.24. The standard InChI is InChI=1S/C11H13Cl3N2O/c12-7-5-16-11(14)9(13)8(7)10(15)6-1-3-17-4-2-6/h5-6,10H,1-4,15H2/t10-/m1/s1. The lowest BCUT2D eigenvalue weighted by molar-refractivity contribution is 0.0584. The number of halogens is 3. The van der Waals surface area contributed by atoms with Gasteiger partial charge >= 0.3 is 0 Å². The zero-order chi connectivity index (χ0) is 12.4. The van der Waals surface area contributed by atoms with Gasteiger partial charge in [0.05, 0.1) is 10.0 Å². The SMILES string of the molecule is N[C@@H](c1c(Cl)cnc(Cl)c1Cl)C1CCOCC1. The highest BCUT2D eigenvalue weighted by atomic mass is 35.5. The van der Waals surface area contributed by atoms with Gasteiger partial charge in [0.15, 0.2) is 0 Å². The number of hydrogen-bond donors (Lipinski definition) is 1. The first-order chi connectivity index (χ1) is 8.11. The van der Waals surface area contributed by atoms with Crippen LogP contribution in [0.5, 0.6) is 0 Å². The Morgan fingerprint density at radius 1 is 1.29 bits per heavy atom. The molecule has 1 saturated heterocycles. The third-order valence-corrected chi connectivity index (χ3v) is 4.14. The summed E-state index contributed by atoms with van der Waals surface area (Å²) < 4.78 is 5.31. The topological polar surface area (TPSA) is 48.1 Å². The summed E-state index contributed by atoms with van der Waals surface area (Å²) in [6, 6.07) is -0.223. The van der Waals surface area contributed by atoms with Crippen LogP contribution in [-0.4, -0.2) is 18.2 Å². The number of hydrogen-bond acceptors (Lipinski definition) is 3. The van der Waals surface area contributed by atoms with Crippen LogP contribution in [0.4, 0.5) is 0 Å². The van der Waals surface area contributed by atoms with Gasteiger partial charge in [0, 0.05) is 31.0 Å². The van der Waals surface area contributed by atoms with Gasteiger partial charge in [-0.3, -0.25) is 0 Å². The maximum Gasteiger partial charge on any atom is 0.148 e. The normalized spacial score (nSPS) is 19.3. The third kappa shape index (κ3) is 2.85. The third-order valence-electron chi connectivity index (χ3n) is 3.07. The summed E-state index contributed by atoms with van der Waals surface area (Å²) in [5.41, 5.74) is 6.92. The lowest BCUT2D eigenvalue weighted by Gasteiger charge is -2.28. The van der Waals surface area contributed by atoms with Crippen molar-refractivity contribution in [1.29, 1.82) is 0 Å². The van der Waals surface area contributed by atoms with E-state index in [-0.39, 0.29) is 11.2 Å². The first-order valence-electron chi connectivity index (χ1n) is 5.44. The summed E-state index contributed by atoms with van der Waals surface area (Å²) in [7, 11) is 0. The van der Waals surface area contributed by atoms with Gasteiger partial charge in [0.25, 0.3) is 0 Å². The first-order valence-corrected chi connectivity index (χ1v) is 6.57. The molecule has 0 unspecified atom stereocenters. The van der Waals surface area contributed by atoms with Gasteiger partial charge in [-0.05, 0) is 18.8 Å². The molecule has 1 aromatic rings. The molecule has 0 saturated carbocycles. The summed E-state index contributed by atoms with van der Waals surface area (Å²) in [6.45, 7) is 1.46. The maximum absolute atomic E-state index is 6.23. The predicted octanol–water partition coefficient (Wildman–Crippen LogP) is 3.47. The van der Waals surface area contributed by atoms with E-state index in [4.69, 9.17) is 45.3 Å². The van der Waals surface area contributed by atoms with Crippen LogP contribution in [0.3, 0.4) is 0 Å². The van der Waals surface area contributed by atoms with E-state index >= 15 is 0 Å². The predicted molar refractivity (Wildman–Crippen MR) is 69.7 cm³/mol. The molecule has 0 amide bonds. The Labute approximate surface area is 115 Å². The van der Waals surface area contributed by atoms with Gasteiger partial charge in [-0.1, -0.05) is 34.8 Å². The quantitative estimate of drug-likeness (QED) is 0.850. The van der Waals surface area contributed by atoms with Crippen LogP contribution < -0.4 is 5.73 Å². The van der Waals surface area contributed by atoms with Crippen LogP contribution >= 0.6 is 34.8 Å². The van der Waals surface area contributed by atoms with Gasteiger partial charge in [0.1, 0.15) is 5.15 Å². The van der Waals surface area contributed by atoms with Crippen molar-refractivity contribution in [2.45, 2.75) is 18.9 Å². The number of nitrogens with zero attached hydrogens (tertiary/aromatic N) is 1. The number of ether oxygens (including phenoxy) is 1. The highest BCUT2D eigenvalue weighted by Gasteiger charge is 2.26. The number of nitrogens with two attached hydrogens (primary N) is 1. The Morgan fingerprint density at radius 3 is 2.59 bits per heavy atom. The van der Waals surface area contributed by atoms with E-state index in [0.29, 0.717) is 21.5 Å². The fraction of sp³-hybridized carbons (Fsp3) is 0.545. The Hall–Kier alpha value is -0.0600. The Balaban J connectivity index is 2.29. The van der Waals surface area contributed by atoms with E-state index in [2.05, 4.69) is 4.98 Å². The Morgan fingerprint density at radius 2 is 1.94 bits per heavy atom. The van der Waals surface area contributed by atoms with Crippen LogP contribution in [0.1, 0.15) is 24.4 Å². The minimum absolute atomic E-state index is 0.223. The van der Waals surface area contributed by atoms with Crippen LogP contribution in [0, 0.1) is 5.92 Å². The molecule has 1 fully saturated rings. The van der Waals surface area contributed by atoms with Crippen molar-refractivity contribution in [3.8, 4) is 0 Å². The Kier molecular flexibility index (Phi) is 4.50. The van der Waals surface area contributed by atoms with Crippen molar-refractivity contribution in [3.05, 3.63) is 27.0 Å². The molecule has 1 atom stereocenters. The maximum atomic E-state index is 6.23. The molecule has 2 rings (SSSR count). The van der Waals surface area contributed by atoms with Gasteiger partial charge in [-0.2, -0.15) is 0 Å². The minimum atomic E-state index is -0.223. The molecule has 2 N–H and O–H groups in total. The molecule has 0 radical (unpaired) electrons. The molecular weight excluding hydrogens is 282 g/mol. The summed E-state index contributed by atoms with van der Waals surface area (Å²) in [6.07, 6.45) is 3.31. The minimum Gasteiger partial charge on any atom is -0.381 e. The lowest BCUT2D eigenvalue weighted by Crippen LogP contribution is -2.28.